The number of nitriles is 1. The Labute approximate surface area is 120 Å². The summed E-state index contributed by atoms with van der Waals surface area (Å²) in [6, 6.07) is 17.8. The first kappa shape index (κ1) is 12.9. The maximum absolute atomic E-state index is 12.1. The smallest absolute Gasteiger partial charge is 0.207 e. The molecular weight excluding hydrogens is 266 g/mol. The van der Waals surface area contributed by atoms with Gasteiger partial charge in [-0.15, -0.1) is 0 Å². The van der Waals surface area contributed by atoms with E-state index in [9.17, 15) is 4.79 Å². The Bertz CT molecular complexity index is 876. The monoisotopic (exact) mass is 277 g/mol. The van der Waals surface area contributed by atoms with Gasteiger partial charge in [-0.1, -0.05) is 36.4 Å². The average molecular weight is 277 g/mol. The fraction of sp³-hybridized carbons (Fsp3) is 0.0588. The fourth-order valence-corrected chi connectivity index (χ4v) is 2.09. The van der Waals surface area contributed by atoms with E-state index in [2.05, 4.69) is 0 Å². The van der Waals surface area contributed by atoms with E-state index in [-0.39, 0.29) is 11.2 Å². The minimum absolute atomic E-state index is 0.00675. The van der Waals surface area contributed by atoms with Crippen LogP contribution in [0.2, 0.25) is 0 Å². The molecule has 2 aromatic carbocycles. The van der Waals surface area contributed by atoms with Gasteiger partial charge in [0.25, 0.3) is 0 Å². The van der Waals surface area contributed by atoms with Crippen LogP contribution in [0.4, 0.5) is 0 Å². The Kier molecular flexibility index (Phi) is 3.40. The number of nitrogens with zero attached hydrogens (tertiary/aromatic N) is 1. The Morgan fingerprint density at radius 1 is 1.10 bits per heavy atom. The van der Waals surface area contributed by atoms with Crippen LogP contribution < -0.4 is 10.2 Å². The maximum Gasteiger partial charge on any atom is 0.207 e. The van der Waals surface area contributed by atoms with Gasteiger partial charge < -0.3 is 9.15 Å². The summed E-state index contributed by atoms with van der Waals surface area (Å²) in [6.07, 6.45) is 0. The van der Waals surface area contributed by atoms with Crippen molar-refractivity contribution in [3.63, 3.8) is 0 Å². The molecule has 0 fully saturated rings. The van der Waals surface area contributed by atoms with E-state index < -0.39 is 0 Å². The van der Waals surface area contributed by atoms with Gasteiger partial charge in [0.2, 0.25) is 5.76 Å². The number of hydrogen-bond acceptors (Lipinski definition) is 4. The van der Waals surface area contributed by atoms with Crippen molar-refractivity contribution < 1.29 is 9.15 Å². The highest BCUT2D eigenvalue weighted by Crippen LogP contribution is 2.24. The standard InChI is InChI=1S/C17H11NO3/c18-10-13-9-14(19)17-15(7-4-8-16(17)21-13)20-11-12-5-2-1-3-6-12/h1-9H,11H2. The molecule has 0 N–H and O–H groups in total. The summed E-state index contributed by atoms with van der Waals surface area (Å²) in [5, 5.41) is 9.18. The van der Waals surface area contributed by atoms with Crippen molar-refractivity contribution in [2.75, 3.05) is 0 Å². The van der Waals surface area contributed by atoms with Crippen LogP contribution in [-0.2, 0) is 6.61 Å². The third-order valence-electron chi connectivity index (χ3n) is 3.06. The lowest BCUT2D eigenvalue weighted by molar-refractivity contribution is 0.309. The molecule has 4 heteroatoms. The van der Waals surface area contributed by atoms with Crippen molar-refractivity contribution in [1.29, 1.82) is 5.26 Å². The zero-order valence-corrected chi connectivity index (χ0v) is 11.1. The molecule has 1 aromatic heterocycles. The molecule has 0 spiro atoms. The number of rotatable bonds is 3. The lowest BCUT2D eigenvalue weighted by atomic mass is 10.2. The van der Waals surface area contributed by atoms with E-state index in [4.69, 9.17) is 14.4 Å². The number of benzene rings is 2. The van der Waals surface area contributed by atoms with Crippen LogP contribution in [0.1, 0.15) is 11.3 Å². The van der Waals surface area contributed by atoms with Crippen LogP contribution in [0, 0.1) is 11.3 Å². The first-order valence-electron chi connectivity index (χ1n) is 6.41. The number of fused-ring (bicyclic) bond motifs is 1. The molecule has 0 saturated heterocycles. The second-order valence-electron chi connectivity index (χ2n) is 4.49. The topological polar surface area (TPSA) is 63.2 Å². The number of ether oxygens (including phenoxy) is 1. The van der Waals surface area contributed by atoms with E-state index in [0.717, 1.165) is 5.56 Å². The minimum atomic E-state index is -0.281. The summed E-state index contributed by atoms with van der Waals surface area (Å²) in [4.78, 5) is 12.1. The molecule has 0 atom stereocenters. The van der Waals surface area contributed by atoms with Crippen molar-refractivity contribution in [3.8, 4) is 11.8 Å². The highest BCUT2D eigenvalue weighted by atomic mass is 16.5. The van der Waals surface area contributed by atoms with Gasteiger partial charge in [0.05, 0.1) is 0 Å². The molecule has 0 aliphatic carbocycles. The molecular formula is C17H11NO3. The first-order chi connectivity index (χ1) is 10.3. The molecule has 4 nitrogen and oxygen atoms in total. The van der Waals surface area contributed by atoms with Crippen molar-refractivity contribution in [2.45, 2.75) is 6.61 Å². The first-order valence-corrected chi connectivity index (χ1v) is 6.41. The van der Waals surface area contributed by atoms with Crippen LogP contribution in [0.25, 0.3) is 11.0 Å². The van der Waals surface area contributed by atoms with E-state index in [1.54, 1.807) is 18.2 Å². The van der Waals surface area contributed by atoms with Crippen LogP contribution in [-0.4, -0.2) is 0 Å². The molecule has 21 heavy (non-hydrogen) atoms. The molecule has 3 rings (SSSR count). The van der Waals surface area contributed by atoms with Gasteiger partial charge in [-0.3, -0.25) is 4.79 Å². The van der Waals surface area contributed by atoms with Gasteiger partial charge in [0.15, 0.2) is 5.43 Å². The Morgan fingerprint density at radius 3 is 2.67 bits per heavy atom. The Balaban J connectivity index is 2.00. The van der Waals surface area contributed by atoms with E-state index >= 15 is 0 Å². The summed E-state index contributed by atoms with van der Waals surface area (Å²) in [6.45, 7) is 0.361. The lowest BCUT2D eigenvalue weighted by Crippen LogP contribution is -2.04. The predicted molar refractivity (Wildman–Crippen MR) is 78.0 cm³/mol. The minimum Gasteiger partial charge on any atom is -0.488 e. The molecule has 0 saturated carbocycles. The van der Waals surface area contributed by atoms with Crippen LogP contribution >= 0.6 is 0 Å². The average Bonchev–Trinajstić information content (AvgIpc) is 2.53. The third kappa shape index (κ3) is 2.63. The van der Waals surface area contributed by atoms with Crippen molar-refractivity contribution in [3.05, 3.63) is 76.1 Å². The molecule has 0 aliphatic heterocycles. The van der Waals surface area contributed by atoms with Gasteiger partial charge >= 0.3 is 0 Å². The molecule has 0 amide bonds. The van der Waals surface area contributed by atoms with Gasteiger partial charge in [-0.25, -0.2) is 0 Å². The molecule has 1 heterocycles. The summed E-state index contributed by atoms with van der Waals surface area (Å²) in [7, 11) is 0. The van der Waals surface area contributed by atoms with Gasteiger partial charge in [-0.2, -0.15) is 5.26 Å². The second kappa shape index (κ2) is 5.51. The quantitative estimate of drug-likeness (QED) is 0.737. The van der Waals surface area contributed by atoms with Crippen LogP contribution in [0.5, 0.6) is 5.75 Å². The second-order valence-corrected chi connectivity index (χ2v) is 4.49. The largest absolute Gasteiger partial charge is 0.488 e. The molecule has 3 aromatic rings. The molecule has 0 aliphatic rings. The lowest BCUT2D eigenvalue weighted by Gasteiger charge is -2.08. The van der Waals surface area contributed by atoms with Gasteiger partial charge in [0, 0.05) is 6.07 Å². The van der Waals surface area contributed by atoms with E-state index in [1.165, 1.54) is 6.07 Å². The third-order valence-corrected chi connectivity index (χ3v) is 3.06. The molecule has 0 radical (unpaired) electrons. The van der Waals surface area contributed by atoms with E-state index in [0.29, 0.717) is 23.3 Å². The summed E-state index contributed by atoms with van der Waals surface area (Å²) < 4.78 is 11.1. The molecule has 102 valence electrons. The zero-order valence-electron chi connectivity index (χ0n) is 11.1. The Hall–Kier alpha value is -3.06. The Morgan fingerprint density at radius 2 is 1.90 bits per heavy atom. The normalized spacial score (nSPS) is 10.2. The summed E-state index contributed by atoms with van der Waals surface area (Å²) >= 11 is 0. The molecule has 0 unspecified atom stereocenters. The predicted octanol–water partition coefficient (Wildman–Crippen LogP) is 3.24. The van der Waals surface area contributed by atoms with Gasteiger partial charge in [0.1, 0.15) is 29.4 Å². The highest BCUT2D eigenvalue weighted by Gasteiger charge is 2.10. The van der Waals surface area contributed by atoms with Gasteiger partial charge in [-0.05, 0) is 17.7 Å². The fourth-order valence-electron chi connectivity index (χ4n) is 2.09. The zero-order chi connectivity index (χ0) is 14.7. The van der Waals surface area contributed by atoms with Crippen molar-refractivity contribution in [2.24, 2.45) is 0 Å². The van der Waals surface area contributed by atoms with Crippen LogP contribution in [0.15, 0.2) is 63.8 Å². The van der Waals surface area contributed by atoms with Crippen molar-refractivity contribution >= 4 is 11.0 Å². The summed E-state index contributed by atoms with van der Waals surface area (Å²) in [5.74, 6) is 0.447. The number of hydrogen-bond donors (Lipinski definition) is 0. The van der Waals surface area contributed by atoms with Crippen molar-refractivity contribution in [1.82, 2.24) is 0 Å². The van der Waals surface area contributed by atoms with E-state index in [1.807, 2.05) is 36.4 Å². The SMILES string of the molecule is N#Cc1cc(=O)c2c(OCc3ccccc3)cccc2o1. The van der Waals surface area contributed by atoms with Crippen LogP contribution in [0.3, 0.4) is 0 Å². The molecule has 0 bridgehead atoms. The summed E-state index contributed by atoms with van der Waals surface area (Å²) in [5.41, 5.74) is 1.08. The maximum atomic E-state index is 12.1. The highest BCUT2D eigenvalue weighted by molar-refractivity contribution is 5.83.